The summed E-state index contributed by atoms with van der Waals surface area (Å²) in [7, 11) is 0. The minimum atomic E-state index is -1.89. The molecule has 0 heterocycles. The molecule has 1 aliphatic carbocycles. The highest BCUT2D eigenvalue weighted by Gasteiger charge is 2.20. The van der Waals surface area contributed by atoms with Crippen molar-refractivity contribution in [2.75, 3.05) is 6.61 Å². The zero-order chi connectivity index (χ0) is 8.97. The van der Waals surface area contributed by atoms with Crippen LogP contribution in [0, 0.1) is 5.92 Å². The summed E-state index contributed by atoms with van der Waals surface area (Å²) < 4.78 is 21.5. The van der Waals surface area contributed by atoms with E-state index in [-0.39, 0.29) is 12.6 Å². The Hall–Kier alpha value is 0.0300. The second kappa shape index (κ2) is 4.91. The van der Waals surface area contributed by atoms with E-state index in [9.17, 15) is 4.21 Å². The number of hydrogen-bond donors (Lipinski definition) is 3. The molecule has 0 bridgehead atoms. The van der Waals surface area contributed by atoms with Crippen LogP contribution in [0.3, 0.4) is 0 Å². The first-order chi connectivity index (χ1) is 5.72. The van der Waals surface area contributed by atoms with Crippen LogP contribution in [0.4, 0.5) is 0 Å². The smallest absolute Gasteiger partial charge is 0.231 e. The van der Waals surface area contributed by atoms with Gasteiger partial charge in [-0.1, -0.05) is 0 Å². The third-order valence-corrected chi connectivity index (χ3v) is 2.91. The fourth-order valence-electron chi connectivity index (χ4n) is 1.61. The van der Waals surface area contributed by atoms with Crippen molar-refractivity contribution in [3.05, 3.63) is 0 Å². The predicted octanol–water partition coefficient (Wildman–Crippen LogP) is 0.264. The van der Waals surface area contributed by atoms with Gasteiger partial charge in [-0.05, 0) is 31.6 Å². The molecule has 3 N–H and O–H groups in total. The van der Waals surface area contributed by atoms with Crippen LogP contribution in [-0.2, 0) is 11.3 Å². The van der Waals surface area contributed by atoms with Gasteiger partial charge in [-0.15, -0.1) is 0 Å². The van der Waals surface area contributed by atoms with Gasteiger partial charge >= 0.3 is 0 Å². The maximum Gasteiger partial charge on any atom is 0.231 e. The first kappa shape index (κ1) is 10.1. The number of nitrogens with one attached hydrogen (secondary N) is 1. The molecule has 1 saturated carbocycles. The average Bonchev–Trinajstić information content (AvgIpc) is 2.05. The minimum Gasteiger partial charge on any atom is -0.396 e. The van der Waals surface area contributed by atoms with E-state index >= 15 is 0 Å². The van der Waals surface area contributed by atoms with Crippen molar-refractivity contribution in [3.63, 3.8) is 0 Å². The van der Waals surface area contributed by atoms with Gasteiger partial charge in [0, 0.05) is 12.6 Å². The van der Waals surface area contributed by atoms with Gasteiger partial charge in [0.15, 0.2) is 0 Å². The van der Waals surface area contributed by atoms with Crippen LogP contribution < -0.4 is 4.72 Å². The van der Waals surface area contributed by atoms with E-state index in [1.165, 1.54) is 0 Å². The highest BCUT2D eigenvalue weighted by atomic mass is 32.2. The largest absolute Gasteiger partial charge is 0.396 e. The molecule has 0 aromatic carbocycles. The summed E-state index contributed by atoms with van der Waals surface area (Å²) >= 11 is -1.89. The second-order valence-corrected chi connectivity index (χ2v) is 4.00. The Bertz CT molecular complexity index is 157. The summed E-state index contributed by atoms with van der Waals surface area (Å²) in [5, 5.41) is 8.83. The highest BCUT2D eigenvalue weighted by Crippen LogP contribution is 2.23. The molecule has 4 nitrogen and oxygen atoms in total. The molecule has 1 aliphatic rings. The Morgan fingerprint density at radius 1 is 1.33 bits per heavy atom. The zero-order valence-corrected chi connectivity index (χ0v) is 7.72. The van der Waals surface area contributed by atoms with Crippen molar-refractivity contribution in [1.82, 2.24) is 4.72 Å². The molecule has 12 heavy (non-hydrogen) atoms. The van der Waals surface area contributed by atoms with E-state index in [1.54, 1.807) is 0 Å². The van der Waals surface area contributed by atoms with Crippen LogP contribution in [0.15, 0.2) is 0 Å². The fourth-order valence-corrected chi connectivity index (χ4v) is 2.13. The second-order valence-electron chi connectivity index (χ2n) is 3.27. The summed E-state index contributed by atoms with van der Waals surface area (Å²) in [5.74, 6) is 0.398. The molecule has 72 valence electrons. The van der Waals surface area contributed by atoms with Crippen LogP contribution in [0.2, 0.25) is 0 Å². The van der Waals surface area contributed by atoms with Gasteiger partial charge < -0.3 is 5.11 Å². The zero-order valence-electron chi connectivity index (χ0n) is 6.90. The molecule has 1 atom stereocenters. The lowest BCUT2D eigenvalue weighted by Gasteiger charge is -2.26. The Morgan fingerprint density at radius 3 is 2.33 bits per heavy atom. The van der Waals surface area contributed by atoms with Crippen LogP contribution >= 0.6 is 0 Å². The van der Waals surface area contributed by atoms with Gasteiger partial charge in [-0.3, -0.25) is 4.55 Å². The Labute approximate surface area is 74.8 Å². The summed E-state index contributed by atoms with van der Waals surface area (Å²) in [6, 6.07) is 0.152. The third kappa shape index (κ3) is 3.18. The van der Waals surface area contributed by atoms with Crippen molar-refractivity contribution in [2.24, 2.45) is 5.92 Å². The van der Waals surface area contributed by atoms with E-state index in [0.717, 1.165) is 25.7 Å². The standard InChI is InChI=1S/C7H15NO3S/c9-5-6-1-3-7(4-2-6)8-12(10)11/h6-9H,1-5H2,(H,10,11). The van der Waals surface area contributed by atoms with E-state index in [0.29, 0.717) is 5.92 Å². The van der Waals surface area contributed by atoms with Crippen LogP contribution in [-0.4, -0.2) is 26.5 Å². The average molecular weight is 193 g/mol. The molecule has 0 aromatic rings. The monoisotopic (exact) mass is 193 g/mol. The minimum absolute atomic E-state index is 0.152. The molecule has 0 amide bonds. The lowest BCUT2D eigenvalue weighted by Crippen LogP contribution is -2.34. The molecule has 5 heteroatoms. The summed E-state index contributed by atoms with van der Waals surface area (Å²) in [4.78, 5) is 0. The molecule has 0 saturated heterocycles. The van der Waals surface area contributed by atoms with Crippen molar-refractivity contribution < 1.29 is 13.9 Å². The van der Waals surface area contributed by atoms with Gasteiger partial charge in [-0.25, -0.2) is 8.93 Å². The summed E-state index contributed by atoms with van der Waals surface area (Å²) in [6.45, 7) is 0.245. The topological polar surface area (TPSA) is 69.6 Å². The quantitative estimate of drug-likeness (QED) is 0.563. The Morgan fingerprint density at radius 2 is 1.92 bits per heavy atom. The van der Waals surface area contributed by atoms with Crippen molar-refractivity contribution in [2.45, 2.75) is 31.7 Å². The van der Waals surface area contributed by atoms with Gasteiger partial charge in [0.05, 0.1) is 0 Å². The summed E-state index contributed by atoms with van der Waals surface area (Å²) in [5.41, 5.74) is 0. The van der Waals surface area contributed by atoms with Crippen LogP contribution in [0.1, 0.15) is 25.7 Å². The maximum atomic E-state index is 10.4. The van der Waals surface area contributed by atoms with Crippen LogP contribution in [0.25, 0.3) is 0 Å². The van der Waals surface area contributed by atoms with Crippen molar-refractivity contribution >= 4 is 11.3 Å². The number of hydrogen-bond acceptors (Lipinski definition) is 2. The Kier molecular flexibility index (Phi) is 4.14. The molecule has 1 fully saturated rings. The van der Waals surface area contributed by atoms with E-state index in [1.807, 2.05) is 0 Å². The van der Waals surface area contributed by atoms with Gasteiger partial charge in [0.2, 0.25) is 11.3 Å². The molecule has 0 spiro atoms. The predicted molar refractivity (Wildman–Crippen MR) is 46.7 cm³/mol. The first-order valence-electron chi connectivity index (χ1n) is 4.20. The number of aliphatic hydroxyl groups is 1. The molecule has 1 unspecified atom stereocenters. The molecular formula is C7H15NO3S. The molecule has 1 rings (SSSR count). The summed E-state index contributed by atoms with van der Waals surface area (Å²) in [6.07, 6.45) is 3.67. The Balaban J connectivity index is 2.21. The van der Waals surface area contributed by atoms with E-state index in [2.05, 4.69) is 4.72 Å². The van der Waals surface area contributed by atoms with Crippen molar-refractivity contribution in [1.29, 1.82) is 0 Å². The lowest BCUT2D eigenvalue weighted by atomic mass is 9.87. The lowest BCUT2D eigenvalue weighted by molar-refractivity contribution is 0.180. The highest BCUT2D eigenvalue weighted by molar-refractivity contribution is 7.77. The number of rotatable bonds is 3. The molecule has 0 aliphatic heterocycles. The van der Waals surface area contributed by atoms with Crippen molar-refractivity contribution in [3.8, 4) is 0 Å². The molecule has 0 radical (unpaired) electrons. The van der Waals surface area contributed by atoms with E-state index < -0.39 is 11.3 Å². The van der Waals surface area contributed by atoms with Crippen LogP contribution in [0.5, 0.6) is 0 Å². The molecular weight excluding hydrogens is 178 g/mol. The maximum absolute atomic E-state index is 10.4. The normalized spacial score (nSPS) is 33.2. The van der Waals surface area contributed by atoms with E-state index in [4.69, 9.17) is 9.66 Å². The molecule has 0 aromatic heterocycles. The van der Waals surface area contributed by atoms with Gasteiger partial charge in [-0.2, -0.15) is 0 Å². The van der Waals surface area contributed by atoms with Gasteiger partial charge in [0.1, 0.15) is 0 Å². The fraction of sp³-hybridized carbons (Fsp3) is 1.00. The van der Waals surface area contributed by atoms with Gasteiger partial charge in [0.25, 0.3) is 0 Å². The SMILES string of the molecule is O=S(O)NC1CCC(CO)CC1. The third-order valence-electron chi connectivity index (χ3n) is 2.37. The number of aliphatic hydroxyl groups excluding tert-OH is 1. The first-order valence-corrected chi connectivity index (χ1v) is 5.31.